The summed E-state index contributed by atoms with van der Waals surface area (Å²) in [7, 11) is 0. The second kappa shape index (κ2) is 9.71. The largest absolute Gasteiger partial charge is 0.508 e. The highest BCUT2D eigenvalue weighted by molar-refractivity contribution is 5.42. The summed E-state index contributed by atoms with van der Waals surface area (Å²) in [5.74, 6) is 0.288. The number of nitrogens with one attached hydrogen (secondary N) is 2. The number of aromatic hydroxyl groups is 1. The van der Waals surface area contributed by atoms with Gasteiger partial charge in [0.25, 0.3) is 0 Å². The second-order valence-electron chi connectivity index (χ2n) is 6.03. The van der Waals surface area contributed by atoms with Crippen molar-refractivity contribution in [1.29, 1.82) is 5.26 Å². The first-order valence-corrected chi connectivity index (χ1v) is 8.37. The molecule has 0 amide bonds. The van der Waals surface area contributed by atoms with E-state index in [1.165, 1.54) is 0 Å². The van der Waals surface area contributed by atoms with Crippen LogP contribution in [0.5, 0.6) is 5.75 Å². The van der Waals surface area contributed by atoms with Crippen molar-refractivity contribution < 1.29 is 5.11 Å². The topological polar surface area (TPSA) is 68.1 Å². The smallest absolute Gasteiger partial charge is 0.115 e. The van der Waals surface area contributed by atoms with Gasteiger partial charge in [0.1, 0.15) is 5.75 Å². The minimum Gasteiger partial charge on any atom is -0.508 e. The first-order valence-electron chi connectivity index (χ1n) is 8.37. The number of hydrogen-bond donors (Lipinski definition) is 3. The van der Waals surface area contributed by atoms with Crippen molar-refractivity contribution in [3.8, 4) is 11.8 Å². The number of rotatable bonds is 2. The molecule has 1 heterocycles. The summed E-state index contributed by atoms with van der Waals surface area (Å²) < 4.78 is 0. The molecule has 1 unspecified atom stereocenters. The van der Waals surface area contributed by atoms with Gasteiger partial charge < -0.3 is 15.7 Å². The van der Waals surface area contributed by atoms with Crippen molar-refractivity contribution in [2.24, 2.45) is 0 Å². The highest BCUT2D eigenvalue weighted by Crippen LogP contribution is 2.18. The third-order valence-electron chi connectivity index (χ3n) is 3.89. The molecule has 0 bridgehead atoms. The molecule has 0 aromatic heterocycles. The van der Waals surface area contributed by atoms with Crippen molar-refractivity contribution in [3.63, 3.8) is 0 Å². The molecular weight excluding hydrogens is 298 g/mol. The van der Waals surface area contributed by atoms with Gasteiger partial charge in [-0.15, -0.1) is 0 Å². The molecule has 1 saturated heterocycles. The Hall–Kier alpha value is -2.35. The van der Waals surface area contributed by atoms with Gasteiger partial charge in [0.2, 0.25) is 0 Å². The van der Waals surface area contributed by atoms with E-state index in [0.29, 0.717) is 11.6 Å². The van der Waals surface area contributed by atoms with E-state index in [9.17, 15) is 5.11 Å². The molecule has 126 valence electrons. The van der Waals surface area contributed by atoms with Crippen LogP contribution in [0.2, 0.25) is 0 Å². The highest BCUT2D eigenvalue weighted by Gasteiger charge is 2.03. The predicted octanol–water partition coefficient (Wildman–Crippen LogP) is 2.84. The third-order valence-corrected chi connectivity index (χ3v) is 3.89. The summed E-state index contributed by atoms with van der Waals surface area (Å²) in [6.07, 6.45) is 9.37. The summed E-state index contributed by atoms with van der Waals surface area (Å²) in [5, 5.41) is 24.8. The van der Waals surface area contributed by atoms with Gasteiger partial charge in [-0.05, 0) is 49.1 Å². The maximum Gasteiger partial charge on any atom is 0.115 e. The van der Waals surface area contributed by atoms with Crippen molar-refractivity contribution in [1.82, 2.24) is 10.6 Å². The molecule has 0 spiro atoms. The van der Waals surface area contributed by atoms with E-state index in [4.69, 9.17) is 5.26 Å². The van der Waals surface area contributed by atoms with Crippen LogP contribution in [0.1, 0.15) is 18.9 Å². The molecule has 1 atom stereocenters. The Labute approximate surface area is 144 Å². The average Bonchev–Trinajstić information content (AvgIpc) is 2.81. The summed E-state index contributed by atoms with van der Waals surface area (Å²) in [6, 6.07) is 10.1. The lowest BCUT2D eigenvalue weighted by Gasteiger charge is -2.19. The number of nitriles is 1. The normalized spacial score (nSPS) is 19.9. The fraction of sp³-hybridized carbons (Fsp3) is 0.350. The molecule has 24 heavy (non-hydrogen) atoms. The van der Waals surface area contributed by atoms with Crippen molar-refractivity contribution in [2.75, 3.05) is 19.6 Å². The van der Waals surface area contributed by atoms with Crippen LogP contribution in [0.25, 0.3) is 0 Å². The number of nitrogens with zero attached hydrogens (tertiary/aromatic N) is 1. The molecule has 1 fully saturated rings. The second-order valence-corrected chi connectivity index (χ2v) is 6.03. The lowest BCUT2D eigenvalue weighted by Crippen LogP contribution is -2.46. The van der Waals surface area contributed by atoms with Crippen molar-refractivity contribution >= 4 is 0 Å². The maximum atomic E-state index is 9.39. The first kappa shape index (κ1) is 18.0. The monoisotopic (exact) mass is 323 g/mol. The van der Waals surface area contributed by atoms with Gasteiger partial charge in [0.05, 0.1) is 6.07 Å². The number of benzene rings is 1. The number of hydrogen-bond acceptors (Lipinski definition) is 4. The van der Waals surface area contributed by atoms with E-state index in [1.807, 2.05) is 30.4 Å². The lowest BCUT2D eigenvalue weighted by atomic mass is 10.0. The zero-order chi connectivity index (χ0) is 17.2. The molecule has 4 heteroatoms. The van der Waals surface area contributed by atoms with Crippen LogP contribution < -0.4 is 10.6 Å². The maximum absolute atomic E-state index is 9.39. The standard InChI is InChI=1S/C15H13NO.C5H12N2/c16-11-13-4-1-3-12(7-8-13)9-14-5-2-6-15(17)10-14;1-5-4-6-2-3-7-5/h2-8,10,17H,1,9H2;5-7H,2-4H2,1H3. The van der Waals surface area contributed by atoms with E-state index < -0.39 is 0 Å². The van der Waals surface area contributed by atoms with E-state index in [2.05, 4.69) is 29.7 Å². The van der Waals surface area contributed by atoms with Gasteiger partial charge in [0, 0.05) is 31.2 Å². The van der Waals surface area contributed by atoms with Crippen LogP contribution in [0.3, 0.4) is 0 Å². The number of piperazine rings is 1. The molecule has 0 radical (unpaired) electrons. The van der Waals surface area contributed by atoms with Gasteiger partial charge in [0.15, 0.2) is 0 Å². The first-order chi connectivity index (χ1) is 11.7. The SMILES string of the molecule is CC1CNCCN1.N#CC1=CCC=C(Cc2cccc(O)c2)C=C1. The quantitative estimate of drug-likeness (QED) is 0.783. The van der Waals surface area contributed by atoms with Crippen LogP contribution in [0.4, 0.5) is 0 Å². The summed E-state index contributed by atoms with van der Waals surface area (Å²) in [6.45, 7) is 5.57. The predicted molar refractivity (Wildman–Crippen MR) is 97.7 cm³/mol. The number of phenolic OH excluding ortho intramolecular Hbond substituents is 1. The third kappa shape index (κ3) is 6.41. The molecule has 1 aliphatic carbocycles. The Morgan fingerprint density at radius 2 is 2.12 bits per heavy atom. The van der Waals surface area contributed by atoms with Crippen LogP contribution in [0, 0.1) is 11.3 Å². The van der Waals surface area contributed by atoms with E-state index in [-0.39, 0.29) is 5.75 Å². The van der Waals surface area contributed by atoms with Gasteiger partial charge in [-0.3, -0.25) is 0 Å². The van der Waals surface area contributed by atoms with Gasteiger partial charge in [-0.25, -0.2) is 0 Å². The molecule has 3 rings (SSSR count). The van der Waals surface area contributed by atoms with Crippen LogP contribution in [-0.4, -0.2) is 30.8 Å². The zero-order valence-electron chi connectivity index (χ0n) is 14.1. The lowest BCUT2D eigenvalue weighted by molar-refractivity contribution is 0.442. The number of phenols is 1. The highest BCUT2D eigenvalue weighted by atomic mass is 16.3. The minimum absolute atomic E-state index is 0.288. The van der Waals surface area contributed by atoms with Gasteiger partial charge in [-0.2, -0.15) is 5.26 Å². The summed E-state index contributed by atoms with van der Waals surface area (Å²) >= 11 is 0. The molecular formula is C20H25N3O. The fourth-order valence-electron chi connectivity index (χ4n) is 2.58. The summed E-state index contributed by atoms with van der Waals surface area (Å²) in [5.41, 5.74) is 2.94. The Morgan fingerprint density at radius 3 is 2.75 bits per heavy atom. The molecule has 4 nitrogen and oxygen atoms in total. The van der Waals surface area contributed by atoms with Gasteiger partial charge >= 0.3 is 0 Å². The zero-order valence-corrected chi connectivity index (χ0v) is 14.1. The molecule has 2 aliphatic rings. The number of allylic oxidation sites excluding steroid dienone is 6. The minimum atomic E-state index is 0.288. The average molecular weight is 323 g/mol. The summed E-state index contributed by atoms with van der Waals surface area (Å²) in [4.78, 5) is 0. The Kier molecular flexibility index (Phi) is 7.28. The Balaban J connectivity index is 0.000000249. The molecule has 3 N–H and O–H groups in total. The van der Waals surface area contributed by atoms with Crippen molar-refractivity contribution in [3.05, 3.63) is 65.3 Å². The van der Waals surface area contributed by atoms with E-state index in [1.54, 1.807) is 12.1 Å². The fourth-order valence-corrected chi connectivity index (χ4v) is 2.58. The van der Waals surface area contributed by atoms with E-state index in [0.717, 1.165) is 43.6 Å². The molecule has 1 aromatic rings. The molecule has 1 aliphatic heterocycles. The van der Waals surface area contributed by atoms with Crippen LogP contribution in [0.15, 0.2) is 59.7 Å². The van der Waals surface area contributed by atoms with Crippen LogP contribution >= 0.6 is 0 Å². The molecule has 0 saturated carbocycles. The van der Waals surface area contributed by atoms with E-state index >= 15 is 0 Å². The van der Waals surface area contributed by atoms with Crippen molar-refractivity contribution in [2.45, 2.75) is 25.8 Å². The Morgan fingerprint density at radius 1 is 1.25 bits per heavy atom. The molecule has 1 aromatic carbocycles. The Bertz CT molecular complexity index is 662. The van der Waals surface area contributed by atoms with Crippen LogP contribution in [-0.2, 0) is 6.42 Å². The van der Waals surface area contributed by atoms with Gasteiger partial charge in [-0.1, -0.05) is 30.4 Å².